The Hall–Kier alpha value is -2.52. The number of rotatable bonds is 7. The Bertz CT molecular complexity index is 1360. The maximum atomic E-state index is 13.3. The van der Waals surface area contributed by atoms with Crippen LogP contribution in [0.15, 0.2) is 65.6 Å². The molecule has 0 unspecified atom stereocenters. The fraction of sp³-hybridized carbons (Fsp3) is 0.0800. The molecule has 0 bridgehead atoms. The van der Waals surface area contributed by atoms with Crippen molar-refractivity contribution in [2.24, 2.45) is 0 Å². The molecule has 1 aliphatic rings. The van der Waals surface area contributed by atoms with Crippen molar-refractivity contribution >= 4 is 85.8 Å². The number of nitrogens with zero attached hydrogens (tertiary/aromatic N) is 1. The van der Waals surface area contributed by atoms with Gasteiger partial charge in [-0.1, -0.05) is 18.2 Å². The Kier molecular flexibility index (Phi) is 8.62. The molecule has 1 heterocycles. The molecule has 3 aromatic rings. The number of hydrogen-bond donors (Lipinski definition) is 1. The third kappa shape index (κ3) is 6.62. The summed E-state index contributed by atoms with van der Waals surface area (Å²) in [5.41, 5.74) is 1.74. The van der Waals surface area contributed by atoms with E-state index in [-0.39, 0.29) is 23.0 Å². The van der Waals surface area contributed by atoms with E-state index >= 15 is 0 Å². The molecular weight excluding hydrogens is 716 g/mol. The van der Waals surface area contributed by atoms with Gasteiger partial charge in [0.25, 0.3) is 11.1 Å². The smallest absolute Gasteiger partial charge is 0.294 e. The highest BCUT2D eigenvalue weighted by Gasteiger charge is 2.36. The number of imide groups is 1. The first kappa shape index (κ1) is 26.5. The monoisotopic (exact) mass is 732 g/mol. The lowest BCUT2D eigenvalue weighted by Crippen LogP contribution is -2.36. The van der Waals surface area contributed by atoms with Gasteiger partial charge in [0.05, 0.1) is 12.0 Å². The van der Waals surface area contributed by atoms with Crippen LogP contribution >= 0.6 is 56.9 Å². The topological polar surface area (TPSA) is 75.7 Å². The molecule has 0 aliphatic carbocycles. The van der Waals surface area contributed by atoms with E-state index < -0.39 is 29.4 Å². The van der Waals surface area contributed by atoms with Crippen LogP contribution in [0.1, 0.15) is 11.1 Å². The number of nitrogens with one attached hydrogen (secondary N) is 1. The van der Waals surface area contributed by atoms with Gasteiger partial charge in [0.2, 0.25) is 5.91 Å². The van der Waals surface area contributed by atoms with Crippen LogP contribution < -0.4 is 10.1 Å². The molecule has 6 nitrogen and oxygen atoms in total. The summed E-state index contributed by atoms with van der Waals surface area (Å²) in [5, 5.41) is 1.91. The summed E-state index contributed by atoms with van der Waals surface area (Å²) in [5.74, 6) is -1.38. The number of anilines is 1. The van der Waals surface area contributed by atoms with E-state index in [1.165, 1.54) is 30.3 Å². The van der Waals surface area contributed by atoms with Gasteiger partial charge in [0, 0.05) is 5.69 Å². The summed E-state index contributed by atoms with van der Waals surface area (Å²) in [4.78, 5) is 38.5. The van der Waals surface area contributed by atoms with Crippen LogP contribution in [0, 0.1) is 18.8 Å². The summed E-state index contributed by atoms with van der Waals surface area (Å²) in [6.45, 7) is -0.216. The van der Waals surface area contributed by atoms with Crippen LogP contribution in [0.2, 0.25) is 0 Å². The highest BCUT2D eigenvalue weighted by Crippen LogP contribution is 2.35. The van der Waals surface area contributed by atoms with Crippen molar-refractivity contribution in [1.29, 1.82) is 0 Å². The van der Waals surface area contributed by atoms with Crippen molar-refractivity contribution in [1.82, 2.24) is 4.90 Å². The van der Waals surface area contributed by atoms with Crippen LogP contribution in [0.25, 0.3) is 6.08 Å². The van der Waals surface area contributed by atoms with Gasteiger partial charge in [-0.05, 0) is 117 Å². The first-order chi connectivity index (χ1) is 17.2. The van der Waals surface area contributed by atoms with E-state index in [1.807, 2.05) is 12.1 Å². The second-order valence-electron chi connectivity index (χ2n) is 7.56. The number of ether oxygens (including phenoxy) is 1. The van der Waals surface area contributed by atoms with Gasteiger partial charge in [-0.15, -0.1) is 0 Å². The first-order valence-corrected chi connectivity index (χ1v) is 13.3. The predicted octanol–water partition coefficient (Wildman–Crippen LogP) is 6.43. The first-order valence-electron chi connectivity index (χ1n) is 10.4. The van der Waals surface area contributed by atoms with E-state index in [0.717, 1.165) is 35.4 Å². The number of halogens is 4. The molecule has 0 aromatic heterocycles. The van der Waals surface area contributed by atoms with Gasteiger partial charge in [0.15, 0.2) is 0 Å². The average molecular weight is 732 g/mol. The van der Waals surface area contributed by atoms with Gasteiger partial charge in [-0.25, -0.2) is 8.78 Å². The molecular formula is C25H16F2I2N2O4S. The maximum Gasteiger partial charge on any atom is 0.294 e. The maximum absolute atomic E-state index is 13.3. The Balaban J connectivity index is 1.43. The average Bonchev–Trinajstić information content (AvgIpc) is 3.07. The van der Waals surface area contributed by atoms with Crippen molar-refractivity contribution in [3.63, 3.8) is 0 Å². The second kappa shape index (κ2) is 11.7. The minimum absolute atomic E-state index is 0.185. The van der Waals surface area contributed by atoms with Gasteiger partial charge < -0.3 is 10.1 Å². The van der Waals surface area contributed by atoms with Crippen molar-refractivity contribution in [3.8, 4) is 5.75 Å². The molecule has 11 heteroatoms. The van der Waals surface area contributed by atoms with Crippen LogP contribution in [0.5, 0.6) is 5.75 Å². The number of amides is 3. The molecule has 36 heavy (non-hydrogen) atoms. The molecule has 0 saturated carbocycles. The third-order valence-electron chi connectivity index (χ3n) is 4.90. The van der Waals surface area contributed by atoms with Gasteiger partial charge in [-0.3, -0.25) is 19.3 Å². The van der Waals surface area contributed by atoms with Crippen molar-refractivity contribution in [2.75, 3.05) is 11.9 Å². The fourth-order valence-corrected chi connectivity index (χ4v) is 6.20. The van der Waals surface area contributed by atoms with E-state index in [1.54, 1.807) is 18.2 Å². The Labute approximate surface area is 236 Å². The van der Waals surface area contributed by atoms with Crippen LogP contribution in [-0.2, 0) is 16.2 Å². The van der Waals surface area contributed by atoms with E-state index in [0.29, 0.717) is 11.3 Å². The number of thioether (sulfide) groups is 1. The van der Waals surface area contributed by atoms with Crippen LogP contribution in [0.3, 0.4) is 0 Å². The van der Waals surface area contributed by atoms with Crippen molar-refractivity contribution in [3.05, 3.63) is 95.5 Å². The van der Waals surface area contributed by atoms with Crippen molar-refractivity contribution in [2.45, 2.75) is 6.61 Å². The molecule has 0 atom stereocenters. The highest BCUT2D eigenvalue weighted by molar-refractivity contribution is 14.1. The molecule has 4 rings (SSSR count). The zero-order valence-corrected chi connectivity index (χ0v) is 23.4. The molecule has 1 N–H and O–H groups in total. The van der Waals surface area contributed by atoms with Crippen LogP contribution in [0.4, 0.5) is 19.3 Å². The quantitative estimate of drug-likeness (QED) is 0.224. The molecule has 1 aliphatic heterocycles. The van der Waals surface area contributed by atoms with E-state index in [2.05, 4.69) is 50.5 Å². The summed E-state index contributed by atoms with van der Waals surface area (Å²) in [7, 11) is 0. The Morgan fingerprint density at radius 1 is 1.00 bits per heavy atom. The van der Waals surface area contributed by atoms with E-state index in [4.69, 9.17) is 4.74 Å². The molecule has 1 fully saturated rings. The SMILES string of the molecule is O=C(CN1C(=O)S/C(=C/c2cc(I)c(OCc3ccc(F)cc3)c(I)c2)C1=O)Nc1cccc(F)c1. The molecule has 184 valence electrons. The predicted molar refractivity (Wildman–Crippen MR) is 150 cm³/mol. The number of carbonyl (C=O) groups excluding carboxylic acids is 3. The second-order valence-corrected chi connectivity index (χ2v) is 10.9. The lowest BCUT2D eigenvalue weighted by atomic mass is 10.2. The molecule has 3 aromatic carbocycles. The molecule has 3 amide bonds. The highest BCUT2D eigenvalue weighted by atomic mass is 127. The lowest BCUT2D eigenvalue weighted by Gasteiger charge is -2.13. The Morgan fingerprint density at radius 3 is 2.36 bits per heavy atom. The number of hydrogen-bond acceptors (Lipinski definition) is 5. The minimum Gasteiger partial charge on any atom is -0.487 e. The van der Waals surface area contributed by atoms with Gasteiger partial charge >= 0.3 is 0 Å². The number of carbonyl (C=O) groups is 3. The summed E-state index contributed by atoms with van der Waals surface area (Å²) in [6, 6.07) is 15.0. The normalized spacial score (nSPS) is 14.4. The van der Waals surface area contributed by atoms with Gasteiger partial charge in [0.1, 0.15) is 30.5 Å². The number of benzene rings is 3. The van der Waals surface area contributed by atoms with Crippen LogP contribution in [-0.4, -0.2) is 28.5 Å². The third-order valence-corrected chi connectivity index (χ3v) is 7.41. The summed E-state index contributed by atoms with van der Waals surface area (Å²) in [6.07, 6.45) is 1.59. The Morgan fingerprint density at radius 2 is 1.69 bits per heavy atom. The van der Waals surface area contributed by atoms with Gasteiger partial charge in [-0.2, -0.15) is 0 Å². The summed E-state index contributed by atoms with van der Waals surface area (Å²) < 4.78 is 33.9. The van der Waals surface area contributed by atoms with Crippen molar-refractivity contribution < 1.29 is 27.9 Å². The largest absolute Gasteiger partial charge is 0.487 e. The zero-order valence-electron chi connectivity index (χ0n) is 18.3. The minimum atomic E-state index is -0.615. The zero-order chi connectivity index (χ0) is 25.8. The molecule has 0 spiro atoms. The molecule has 1 saturated heterocycles. The summed E-state index contributed by atoms with van der Waals surface area (Å²) >= 11 is 4.99. The van der Waals surface area contributed by atoms with E-state index in [9.17, 15) is 23.2 Å². The fourth-order valence-electron chi connectivity index (χ4n) is 3.23. The molecule has 0 radical (unpaired) electrons. The standard InChI is InChI=1S/C25H16F2I2N2O4S/c26-16-6-4-14(5-7-16)13-35-23-19(28)8-15(9-20(23)29)10-21-24(33)31(25(34)36-21)12-22(32)30-18-3-1-2-17(27)11-18/h1-11H,12-13H2,(H,30,32)/b21-10+. The lowest BCUT2D eigenvalue weighted by molar-refractivity contribution is -0.127.